The Morgan fingerprint density at radius 2 is 2.00 bits per heavy atom. The Balaban J connectivity index is 2.05. The quantitative estimate of drug-likeness (QED) is 0.775. The van der Waals surface area contributed by atoms with E-state index in [1.807, 2.05) is 30.5 Å². The van der Waals surface area contributed by atoms with Crippen LogP contribution in [0.25, 0.3) is 0 Å². The maximum Gasteiger partial charge on any atom is 0.243 e. The summed E-state index contributed by atoms with van der Waals surface area (Å²) in [6.45, 7) is 3.82. The molecule has 0 radical (unpaired) electrons. The highest BCUT2D eigenvalue weighted by molar-refractivity contribution is 7.92. The summed E-state index contributed by atoms with van der Waals surface area (Å²) in [5.74, 6) is -0.0661. The largest absolute Gasteiger partial charge is 0.243 e. The van der Waals surface area contributed by atoms with E-state index >= 15 is 0 Å². The van der Waals surface area contributed by atoms with Gasteiger partial charge in [-0.25, -0.2) is 16.8 Å². The minimum atomic E-state index is -3.79. The number of sulfone groups is 1. The highest BCUT2D eigenvalue weighted by Crippen LogP contribution is 2.30. The summed E-state index contributed by atoms with van der Waals surface area (Å²) >= 11 is 1.47. The molecule has 0 unspecified atom stereocenters. The van der Waals surface area contributed by atoms with Crippen molar-refractivity contribution in [1.29, 1.82) is 0 Å². The molecule has 1 aliphatic heterocycles. The Labute approximate surface area is 153 Å². The summed E-state index contributed by atoms with van der Waals surface area (Å²) in [7, 11) is -6.97. The molecule has 0 bridgehead atoms. The first-order valence-electron chi connectivity index (χ1n) is 8.01. The van der Waals surface area contributed by atoms with Gasteiger partial charge in [0.05, 0.1) is 16.4 Å². The van der Waals surface area contributed by atoms with Crippen LogP contribution in [0.1, 0.15) is 22.4 Å². The van der Waals surface area contributed by atoms with Gasteiger partial charge in [-0.05, 0) is 48.9 Å². The standard InChI is InChI=1S/C17H21NO4S3/c1-13-5-6-14(2)17(10-13)25(21,22)18(11-16-4-3-8-23-16)15-7-9-24(19,20)12-15/h3-6,8,10,15H,7,9,11-12H2,1-2H3/t15-/m1/s1. The Morgan fingerprint density at radius 3 is 2.60 bits per heavy atom. The minimum Gasteiger partial charge on any atom is -0.229 e. The molecule has 0 spiro atoms. The van der Waals surface area contributed by atoms with Crippen molar-refractivity contribution < 1.29 is 16.8 Å². The first kappa shape index (κ1) is 18.6. The van der Waals surface area contributed by atoms with Crippen LogP contribution in [0, 0.1) is 13.8 Å². The van der Waals surface area contributed by atoms with Crippen molar-refractivity contribution in [2.75, 3.05) is 11.5 Å². The second-order valence-corrected chi connectivity index (χ2v) is 11.6. The minimum absolute atomic E-state index is 0.0426. The first-order valence-corrected chi connectivity index (χ1v) is 12.1. The van der Waals surface area contributed by atoms with E-state index < -0.39 is 25.9 Å². The van der Waals surface area contributed by atoms with E-state index in [9.17, 15) is 16.8 Å². The lowest BCUT2D eigenvalue weighted by atomic mass is 10.2. The van der Waals surface area contributed by atoms with Crippen molar-refractivity contribution in [3.8, 4) is 0 Å². The summed E-state index contributed by atoms with van der Waals surface area (Å²) < 4.78 is 51.9. The van der Waals surface area contributed by atoms with E-state index in [4.69, 9.17) is 0 Å². The lowest BCUT2D eigenvalue weighted by molar-refractivity contribution is 0.336. The number of aryl methyl sites for hydroxylation is 2. The molecule has 1 atom stereocenters. The molecule has 2 heterocycles. The lowest BCUT2D eigenvalue weighted by Gasteiger charge is -2.27. The Hall–Kier alpha value is -1.22. The number of hydrogen-bond donors (Lipinski definition) is 0. The van der Waals surface area contributed by atoms with Crippen molar-refractivity contribution in [3.05, 3.63) is 51.7 Å². The maximum atomic E-state index is 13.4. The normalized spacial score (nSPS) is 20.2. The molecule has 1 fully saturated rings. The van der Waals surface area contributed by atoms with E-state index in [0.29, 0.717) is 12.0 Å². The predicted molar refractivity (Wildman–Crippen MR) is 100 cm³/mol. The van der Waals surface area contributed by atoms with E-state index in [1.165, 1.54) is 15.6 Å². The number of benzene rings is 1. The molecule has 25 heavy (non-hydrogen) atoms. The summed E-state index contributed by atoms with van der Waals surface area (Å²) in [5.41, 5.74) is 1.53. The summed E-state index contributed by atoms with van der Waals surface area (Å²) in [5, 5.41) is 1.89. The summed E-state index contributed by atoms with van der Waals surface area (Å²) in [4.78, 5) is 1.16. The van der Waals surface area contributed by atoms with Crippen molar-refractivity contribution in [2.45, 2.75) is 37.8 Å². The van der Waals surface area contributed by atoms with Crippen LogP contribution in [0.2, 0.25) is 0 Å². The molecule has 1 aromatic carbocycles. The van der Waals surface area contributed by atoms with Crippen LogP contribution in [0.15, 0.2) is 40.6 Å². The number of thiophene rings is 1. The van der Waals surface area contributed by atoms with Crippen molar-refractivity contribution >= 4 is 31.2 Å². The molecule has 0 saturated carbocycles. The fraction of sp³-hybridized carbons (Fsp3) is 0.412. The maximum absolute atomic E-state index is 13.4. The fourth-order valence-corrected chi connectivity index (χ4v) is 7.63. The zero-order valence-electron chi connectivity index (χ0n) is 14.2. The van der Waals surface area contributed by atoms with Gasteiger partial charge in [-0.15, -0.1) is 11.3 Å². The Morgan fingerprint density at radius 1 is 1.24 bits per heavy atom. The van der Waals surface area contributed by atoms with Gasteiger partial charge in [-0.1, -0.05) is 18.2 Å². The van der Waals surface area contributed by atoms with Crippen LogP contribution in [-0.2, 0) is 26.4 Å². The van der Waals surface area contributed by atoms with E-state index in [1.54, 1.807) is 19.1 Å². The second kappa shape index (κ2) is 6.83. The van der Waals surface area contributed by atoms with Gasteiger partial charge < -0.3 is 0 Å². The lowest BCUT2D eigenvalue weighted by Crippen LogP contribution is -2.40. The zero-order valence-corrected chi connectivity index (χ0v) is 16.6. The number of rotatable bonds is 5. The molecule has 1 aliphatic rings. The monoisotopic (exact) mass is 399 g/mol. The van der Waals surface area contributed by atoms with Crippen molar-refractivity contribution in [1.82, 2.24) is 4.31 Å². The predicted octanol–water partition coefficient (Wildman–Crippen LogP) is 2.74. The summed E-state index contributed by atoms with van der Waals surface area (Å²) in [6.07, 6.45) is 0.345. The van der Waals surface area contributed by atoms with E-state index in [-0.39, 0.29) is 22.9 Å². The van der Waals surface area contributed by atoms with Gasteiger partial charge in [0.1, 0.15) is 0 Å². The average molecular weight is 400 g/mol. The third kappa shape index (κ3) is 3.97. The molecule has 8 heteroatoms. The van der Waals surface area contributed by atoms with E-state index in [0.717, 1.165) is 10.4 Å². The average Bonchev–Trinajstić information content (AvgIpc) is 3.16. The Bertz CT molecular complexity index is 963. The SMILES string of the molecule is Cc1ccc(C)c(S(=O)(=O)N(Cc2cccs2)[C@@H]2CCS(=O)(=O)C2)c1. The van der Waals surface area contributed by atoms with Crippen LogP contribution >= 0.6 is 11.3 Å². The van der Waals surface area contributed by atoms with Gasteiger partial charge in [-0.3, -0.25) is 0 Å². The highest BCUT2D eigenvalue weighted by Gasteiger charge is 2.39. The molecule has 1 aromatic heterocycles. The highest BCUT2D eigenvalue weighted by atomic mass is 32.2. The molecular weight excluding hydrogens is 378 g/mol. The van der Waals surface area contributed by atoms with E-state index in [2.05, 4.69) is 0 Å². The van der Waals surface area contributed by atoms with Crippen LogP contribution in [0.3, 0.4) is 0 Å². The van der Waals surface area contributed by atoms with Crippen molar-refractivity contribution in [2.24, 2.45) is 0 Å². The van der Waals surface area contributed by atoms with Gasteiger partial charge in [0, 0.05) is 17.5 Å². The summed E-state index contributed by atoms with van der Waals surface area (Å²) in [6, 6.07) is 8.55. The first-order chi connectivity index (χ1) is 11.7. The molecule has 3 rings (SSSR count). The van der Waals surface area contributed by atoms with Crippen LogP contribution < -0.4 is 0 Å². The third-order valence-electron chi connectivity index (χ3n) is 4.44. The van der Waals surface area contributed by atoms with Crippen LogP contribution in [0.5, 0.6) is 0 Å². The molecule has 0 aliphatic carbocycles. The molecular formula is C17H21NO4S3. The molecule has 136 valence electrons. The smallest absolute Gasteiger partial charge is 0.229 e. The molecule has 0 amide bonds. The topological polar surface area (TPSA) is 71.5 Å². The molecule has 2 aromatic rings. The van der Waals surface area contributed by atoms with Gasteiger partial charge in [0.2, 0.25) is 10.0 Å². The third-order valence-corrected chi connectivity index (χ3v) is 9.09. The second-order valence-electron chi connectivity index (χ2n) is 6.46. The van der Waals surface area contributed by atoms with Crippen LogP contribution in [-0.4, -0.2) is 38.7 Å². The van der Waals surface area contributed by atoms with Gasteiger partial charge in [-0.2, -0.15) is 4.31 Å². The number of nitrogens with zero attached hydrogens (tertiary/aromatic N) is 1. The Kier molecular flexibility index (Phi) is 5.07. The van der Waals surface area contributed by atoms with Gasteiger partial charge in [0.15, 0.2) is 9.84 Å². The molecule has 1 saturated heterocycles. The molecule has 0 N–H and O–H groups in total. The molecule has 5 nitrogen and oxygen atoms in total. The van der Waals surface area contributed by atoms with Crippen LogP contribution in [0.4, 0.5) is 0 Å². The van der Waals surface area contributed by atoms with Crippen molar-refractivity contribution in [3.63, 3.8) is 0 Å². The number of sulfonamides is 1. The number of hydrogen-bond acceptors (Lipinski definition) is 5. The van der Waals surface area contributed by atoms with Gasteiger partial charge in [0.25, 0.3) is 0 Å². The zero-order chi connectivity index (χ0) is 18.2. The fourth-order valence-electron chi connectivity index (χ4n) is 3.08. The van der Waals surface area contributed by atoms with Gasteiger partial charge >= 0.3 is 0 Å².